The summed E-state index contributed by atoms with van der Waals surface area (Å²) in [4.78, 5) is 100. The van der Waals surface area contributed by atoms with Crippen LogP contribution in [0.1, 0.15) is 156 Å². The Bertz CT molecular complexity index is 5200. The molecule has 7 saturated heterocycles. The highest BCUT2D eigenvalue weighted by Gasteiger charge is 2.56. The molecule has 11 heterocycles. The highest BCUT2D eigenvalue weighted by molar-refractivity contribution is 7.13. The first-order valence-corrected chi connectivity index (χ1v) is 47.6. The van der Waals surface area contributed by atoms with E-state index >= 15 is 0 Å². The summed E-state index contributed by atoms with van der Waals surface area (Å²) in [7, 11) is 17.3. The maximum atomic E-state index is 13.0. The monoisotopic (exact) mass is 1770 g/mol. The number of aliphatic hydroxyl groups is 1. The fraction of sp³-hybridized carbons (Fsp3) is 0.505. The number of morpholine rings is 1. The first kappa shape index (κ1) is 90.4. The molecular formula is C101H130N20O7S. The maximum absolute atomic E-state index is 13.0. The first-order valence-electron chi connectivity index (χ1n) is 46.7. The van der Waals surface area contributed by atoms with Gasteiger partial charge in [0.1, 0.15) is 22.5 Å². The minimum Gasteiger partial charge on any atom is -0.393 e. The van der Waals surface area contributed by atoms with Crippen LogP contribution in [0.5, 0.6) is 0 Å². The number of ether oxygens (including phenoxy) is 2. The van der Waals surface area contributed by atoms with E-state index in [1.165, 1.54) is 22.3 Å². The van der Waals surface area contributed by atoms with E-state index in [4.69, 9.17) is 14.5 Å². The van der Waals surface area contributed by atoms with Gasteiger partial charge in [-0.1, -0.05) is 152 Å². The summed E-state index contributed by atoms with van der Waals surface area (Å²) < 4.78 is 10.9. The van der Waals surface area contributed by atoms with Crippen molar-refractivity contribution < 1.29 is 33.8 Å². The minimum absolute atomic E-state index is 0.00254. The van der Waals surface area contributed by atoms with Crippen molar-refractivity contribution in [1.29, 1.82) is 0 Å². The third kappa shape index (κ3) is 19.1. The Balaban J connectivity index is 0.000000121. The number of aromatic nitrogens is 6. The first-order chi connectivity index (χ1) is 62.4. The van der Waals surface area contributed by atoms with Crippen LogP contribution in [0, 0.1) is 5.92 Å². The molecule has 0 atom stereocenters. The van der Waals surface area contributed by atoms with Crippen LogP contribution in [0.15, 0.2) is 200 Å². The van der Waals surface area contributed by atoms with Gasteiger partial charge in [0.25, 0.3) is 0 Å². The Morgan fingerprint density at radius 2 is 0.713 bits per heavy atom. The van der Waals surface area contributed by atoms with Gasteiger partial charge < -0.3 is 45.6 Å². The van der Waals surface area contributed by atoms with Gasteiger partial charge in [0.15, 0.2) is 0 Å². The van der Waals surface area contributed by atoms with Crippen molar-refractivity contribution in [2.24, 2.45) is 5.92 Å². The smallest absolute Gasteiger partial charge is 0.323 e. The van der Waals surface area contributed by atoms with E-state index in [0.29, 0.717) is 38.0 Å². The molecule has 7 aliphatic heterocycles. The Morgan fingerprint density at radius 1 is 0.372 bits per heavy atom. The number of nitrogens with one attached hydrogen (secondary N) is 4. The number of carbonyl (C=O) groups excluding carboxylic acids is 4. The second-order valence-corrected chi connectivity index (χ2v) is 39.6. The van der Waals surface area contributed by atoms with Gasteiger partial charge in [-0.2, -0.15) is 0 Å². The van der Waals surface area contributed by atoms with E-state index in [1.54, 1.807) is 28.6 Å². The van der Waals surface area contributed by atoms with Gasteiger partial charge in [-0.15, -0.1) is 11.3 Å². The lowest BCUT2D eigenvalue weighted by molar-refractivity contribution is 0.0657. The number of urea groups is 4. The number of aliphatic hydroxyl groups excluding tert-OH is 1. The fourth-order valence-corrected chi connectivity index (χ4v) is 23.2. The fourth-order valence-electron chi connectivity index (χ4n) is 22.4. The number of hydrogen-bond acceptors (Lipinski definition) is 20. The molecule has 28 heteroatoms. The van der Waals surface area contributed by atoms with Crippen molar-refractivity contribution >= 4 is 70.1 Å². The Kier molecular flexibility index (Phi) is 27.0. The Labute approximate surface area is 764 Å². The molecule has 0 unspecified atom stereocenters. The van der Waals surface area contributed by atoms with Crippen LogP contribution in [-0.2, 0) is 38.1 Å². The molecule has 11 fully saturated rings. The molecule has 129 heavy (non-hydrogen) atoms. The molecule has 5 aromatic carbocycles. The molecule has 4 aromatic heterocycles. The average Bonchev–Trinajstić information content (AvgIpc) is 1.64. The summed E-state index contributed by atoms with van der Waals surface area (Å²) in [5.74, 6) is 3.81. The van der Waals surface area contributed by atoms with Crippen molar-refractivity contribution in [3.8, 4) is 10.6 Å². The summed E-state index contributed by atoms with van der Waals surface area (Å²) in [5.41, 5.74) is 8.20. The Hall–Kier alpha value is -10.6. The van der Waals surface area contributed by atoms with Crippen molar-refractivity contribution in [3.63, 3.8) is 0 Å². The molecule has 9 aromatic rings. The van der Waals surface area contributed by atoms with E-state index in [9.17, 15) is 24.3 Å². The van der Waals surface area contributed by atoms with Crippen LogP contribution in [0.3, 0.4) is 0 Å². The molecule has 0 radical (unpaired) electrons. The van der Waals surface area contributed by atoms with Gasteiger partial charge in [-0.25, -0.2) is 49.1 Å². The SMILES string of the molecule is CN(C)C1(c2ccccc2)CCC2(CC1)CN(c1ccc(N3CCOCC3)nc1)C(=O)N2.CN(C)C1(c2ccccc2)CCC2(CC1)CN(c1cnc(CC3CCOCC3)nc1)C(=O)N2.CN(C)C1(c2ccccc2)CCC2(CC1)CN(c1cnc(N3CCC(O)CC3)nc1)C(=O)N2.CN(C)C1(c2ccccc2)CCC2(CC1)CN(c1csc(-c3ccccc3)n1)C(=O)N2. The zero-order chi connectivity index (χ0) is 89.6. The van der Waals surface area contributed by atoms with Crippen LogP contribution >= 0.6 is 11.3 Å². The third-order valence-corrected chi connectivity index (χ3v) is 31.7. The van der Waals surface area contributed by atoms with Crippen molar-refractivity contribution in [1.82, 2.24) is 70.8 Å². The molecular weight excluding hydrogens is 1640 g/mol. The maximum Gasteiger partial charge on any atom is 0.323 e. The molecule has 4 aliphatic carbocycles. The number of carbonyl (C=O) groups is 4. The number of benzene rings is 5. The zero-order valence-corrected chi connectivity index (χ0v) is 77.3. The van der Waals surface area contributed by atoms with Gasteiger partial charge in [0.05, 0.1) is 116 Å². The Morgan fingerprint density at radius 3 is 1.09 bits per heavy atom. The van der Waals surface area contributed by atoms with Gasteiger partial charge in [0, 0.05) is 78.9 Å². The average molecular weight is 1770 g/mol. The molecule has 27 nitrogen and oxygen atoms in total. The topological polar surface area (TPSA) is 265 Å². The summed E-state index contributed by atoms with van der Waals surface area (Å²) in [6, 6.07) is 57.1. The van der Waals surface area contributed by atoms with Crippen LogP contribution in [0.2, 0.25) is 0 Å². The number of nitrogens with zero attached hydrogens (tertiary/aromatic N) is 16. The number of pyridine rings is 1. The van der Waals surface area contributed by atoms with Crippen molar-refractivity contribution in [2.45, 2.75) is 185 Å². The number of piperidine rings is 1. The van der Waals surface area contributed by atoms with E-state index < -0.39 is 0 Å². The largest absolute Gasteiger partial charge is 0.393 e. The van der Waals surface area contributed by atoms with Crippen molar-refractivity contribution in [3.05, 3.63) is 228 Å². The van der Waals surface area contributed by atoms with Gasteiger partial charge >= 0.3 is 24.1 Å². The molecule has 8 amide bonds. The summed E-state index contributed by atoms with van der Waals surface area (Å²) in [6.07, 6.45) is 28.9. The number of amides is 8. The minimum atomic E-state index is -0.228. The molecule has 4 spiro atoms. The second kappa shape index (κ2) is 38.5. The molecule has 11 aliphatic rings. The lowest BCUT2D eigenvalue weighted by Crippen LogP contribution is -2.54. The molecule has 4 saturated carbocycles. The summed E-state index contributed by atoms with van der Waals surface area (Å²) >= 11 is 1.59. The van der Waals surface area contributed by atoms with E-state index in [1.807, 2.05) is 69.0 Å². The van der Waals surface area contributed by atoms with Gasteiger partial charge in [-0.05, 0) is 225 Å². The number of rotatable bonds is 17. The van der Waals surface area contributed by atoms with Crippen LogP contribution in [0.25, 0.3) is 10.6 Å². The molecule has 682 valence electrons. The highest BCUT2D eigenvalue weighted by atomic mass is 32.1. The van der Waals surface area contributed by atoms with E-state index in [-0.39, 0.29) is 74.5 Å². The number of anilines is 6. The quantitative estimate of drug-likeness (QED) is 0.0567. The van der Waals surface area contributed by atoms with Crippen LogP contribution in [0.4, 0.5) is 53.8 Å². The van der Waals surface area contributed by atoms with Crippen molar-refractivity contribution in [2.75, 3.05) is 165 Å². The summed E-state index contributed by atoms with van der Waals surface area (Å²) in [5, 5.41) is 26.0. The summed E-state index contributed by atoms with van der Waals surface area (Å²) in [6.45, 7) is 9.04. The lowest BCUT2D eigenvalue weighted by atomic mass is 9.69. The van der Waals surface area contributed by atoms with E-state index in [0.717, 1.165) is 233 Å². The third-order valence-electron chi connectivity index (χ3n) is 30.8. The molecule has 0 bridgehead atoms. The van der Waals surface area contributed by atoms with Crippen LogP contribution < -0.4 is 50.7 Å². The molecule has 5 N–H and O–H groups in total. The lowest BCUT2D eigenvalue weighted by Gasteiger charge is -2.48. The predicted octanol–water partition coefficient (Wildman–Crippen LogP) is 14.8. The van der Waals surface area contributed by atoms with E-state index in [2.05, 4.69) is 265 Å². The highest BCUT2D eigenvalue weighted by Crippen LogP contribution is 2.52. The number of hydrogen-bond donors (Lipinski definition) is 5. The molecule has 20 rings (SSSR count). The second-order valence-electron chi connectivity index (χ2n) is 38.8. The number of thiazole rings is 1. The van der Waals surface area contributed by atoms with Gasteiger partial charge in [-0.3, -0.25) is 39.2 Å². The van der Waals surface area contributed by atoms with Crippen LogP contribution in [-0.4, -0.2) is 242 Å². The predicted molar refractivity (Wildman–Crippen MR) is 509 cm³/mol. The van der Waals surface area contributed by atoms with Gasteiger partial charge in [0.2, 0.25) is 5.95 Å². The standard InChI is InChI=1S/C26H35N5O2.C25H34N6O2.C25H33N5O2.C25H28N4OS/c1-30(2)26(21-6-4-3-5-7-21)12-10-25(11-13-26)19-31(24(32)29-25)22-17-27-23(28-18-22)16-20-8-14-33-15-9-20;1-29(2)25(19-6-4-3-5-7-19)12-10-24(11-13-25)18-31(23(33)28-24)20-16-26-22(27-17-20)30-14-8-21(32)9-15-30;1-28(2)25(20-6-4-3-5-7-20)12-10-24(11-13-25)19-30(23(31)27-24)21-8-9-22(26-18-21)29-14-16-32-17-15-29;1-28(2)25(20-11-7-4-8-12-20)15-13-24(14-16-25)18-29(23(30)27-24)21-17-31-22(26-21)19-9-5-3-6-10-19/h3-7,17-18,20H,8-16,19H2,1-2H3,(H,29,32);3-7,16-17,21,32H,8-15,18H2,1-2H3,(H,28,33);3-9,18H,10-17,19H2,1-2H3,(H,27,31);3-12,17H,13-16,18H2,1-2H3,(H,27,30). The normalized spacial score (nSPS) is 27.9. The zero-order valence-electron chi connectivity index (χ0n) is 76.5.